The average Bonchev–Trinajstić information content (AvgIpc) is 2.45. The van der Waals surface area contributed by atoms with Crippen LogP contribution in [0.2, 0.25) is 0 Å². The fraction of sp³-hybridized carbons (Fsp3) is 0.917. The Morgan fingerprint density at radius 2 is 1.19 bits per heavy atom. The summed E-state index contributed by atoms with van der Waals surface area (Å²) in [6, 6.07) is 0. The highest BCUT2D eigenvalue weighted by molar-refractivity contribution is 5.79. The van der Waals surface area contributed by atoms with Crippen molar-refractivity contribution in [2.75, 3.05) is 0 Å². The highest BCUT2D eigenvalue weighted by Gasteiger charge is 2.80. The lowest BCUT2D eigenvalue weighted by Crippen LogP contribution is -2.62. The third-order valence-electron chi connectivity index (χ3n) is 3.44. The SMILES string of the molecule is O=C(OC1CCCCC1)C(F)(OC(F)(F)C(F)(F)C(F)(F)F)C(F)(F)F. The fourth-order valence-electron chi connectivity index (χ4n) is 2.03. The highest BCUT2D eigenvalue weighted by atomic mass is 19.4. The van der Waals surface area contributed by atoms with E-state index in [9.17, 15) is 53.1 Å². The van der Waals surface area contributed by atoms with Gasteiger partial charge in [0, 0.05) is 0 Å². The van der Waals surface area contributed by atoms with Gasteiger partial charge in [-0.05, 0) is 25.7 Å². The Hall–Kier alpha value is -1.34. The third-order valence-corrected chi connectivity index (χ3v) is 3.44. The third kappa shape index (κ3) is 4.31. The summed E-state index contributed by atoms with van der Waals surface area (Å²) in [5.74, 6) is -16.6. The van der Waals surface area contributed by atoms with Gasteiger partial charge in [-0.3, -0.25) is 4.74 Å². The van der Waals surface area contributed by atoms with Crippen molar-refractivity contribution in [1.29, 1.82) is 0 Å². The van der Waals surface area contributed by atoms with Crippen molar-refractivity contribution in [3.63, 3.8) is 0 Å². The Balaban J connectivity index is 3.14. The molecular formula is C12H11F11O3. The molecule has 1 aliphatic rings. The van der Waals surface area contributed by atoms with E-state index in [1.165, 1.54) is 0 Å². The molecule has 0 spiro atoms. The number of alkyl halides is 11. The number of esters is 1. The quantitative estimate of drug-likeness (QED) is 0.476. The minimum Gasteiger partial charge on any atom is -0.458 e. The summed E-state index contributed by atoms with van der Waals surface area (Å²) in [5, 5.41) is 0. The van der Waals surface area contributed by atoms with Crippen molar-refractivity contribution in [2.24, 2.45) is 0 Å². The van der Waals surface area contributed by atoms with Crippen LogP contribution in [-0.4, -0.2) is 42.3 Å². The van der Waals surface area contributed by atoms with Gasteiger partial charge in [-0.1, -0.05) is 6.42 Å². The largest absolute Gasteiger partial charge is 0.462 e. The van der Waals surface area contributed by atoms with E-state index in [2.05, 4.69) is 9.47 Å². The minimum absolute atomic E-state index is 0.0746. The van der Waals surface area contributed by atoms with E-state index in [0.717, 1.165) is 0 Å². The maximum absolute atomic E-state index is 13.9. The van der Waals surface area contributed by atoms with Crippen molar-refractivity contribution in [2.45, 2.75) is 68.4 Å². The van der Waals surface area contributed by atoms with Crippen LogP contribution in [0.4, 0.5) is 48.3 Å². The van der Waals surface area contributed by atoms with Gasteiger partial charge < -0.3 is 4.74 Å². The van der Waals surface area contributed by atoms with Crippen molar-refractivity contribution in [1.82, 2.24) is 0 Å². The van der Waals surface area contributed by atoms with Crippen LogP contribution in [0.15, 0.2) is 0 Å². The Bertz CT molecular complexity index is 508. The molecule has 0 bridgehead atoms. The van der Waals surface area contributed by atoms with Gasteiger partial charge in [-0.2, -0.15) is 48.3 Å². The number of halogens is 11. The Morgan fingerprint density at radius 1 is 0.731 bits per heavy atom. The van der Waals surface area contributed by atoms with E-state index in [4.69, 9.17) is 0 Å². The Kier molecular flexibility index (Phi) is 6.11. The molecule has 0 amide bonds. The maximum Gasteiger partial charge on any atom is 0.462 e. The molecule has 0 aromatic heterocycles. The zero-order chi connectivity index (χ0) is 20.6. The van der Waals surface area contributed by atoms with E-state index in [1.54, 1.807) is 0 Å². The molecule has 0 heterocycles. The maximum atomic E-state index is 13.9. The standard InChI is InChI=1S/C12H11F11O3/c13-8(10(16,17)18,7(24)25-6-4-2-1-3-5-6)26-12(22,23)9(14,15)11(19,20)21/h6H,1-5H2. The molecular weight excluding hydrogens is 401 g/mol. The summed E-state index contributed by atoms with van der Waals surface area (Å²) in [5.41, 5.74) is 0. The van der Waals surface area contributed by atoms with Crippen LogP contribution in [-0.2, 0) is 14.3 Å². The van der Waals surface area contributed by atoms with Gasteiger partial charge in [0.2, 0.25) is 0 Å². The first-order valence-corrected chi connectivity index (χ1v) is 6.95. The molecule has 154 valence electrons. The van der Waals surface area contributed by atoms with Crippen molar-refractivity contribution >= 4 is 5.97 Å². The number of ether oxygens (including phenoxy) is 2. The molecule has 1 atom stereocenters. The van der Waals surface area contributed by atoms with Crippen LogP contribution >= 0.6 is 0 Å². The fourth-order valence-corrected chi connectivity index (χ4v) is 2.03. The van der Waals surface area contributed by atoms with E-state index < -0.39 is 42.3 Å². The van der Waals surface area contributed by atoms with Gasteiger partial charge in [0.15, 0.2) is 0 Å². The summed E-state index contributed by atoms with van der Waals surface area (Å²) in [6.45, 7) is 0. The predicted octanol–water partition coefficient (Wildman–Crippen LogP) is 4.90. The number of carbonyl (C=O) groups is 1. The molecule has 3 nitrogen and oxygen atoms in total. The Labute approximate surface area is 138 Å². The van der Waals surface area contributed by atoms with Gasteiger partial charge >= 0.3 is 36.2 Å². The minimum atomic E-state index is -7.21. The molecule has 0 aromatic carbocycles. The second kappa shape index (κ2) is 7.00. The van der Waals surface area contributed by atoms with E-state index >= 15 is 0 Å². The van der Waals surface area contributed by atoms with Crippen LogP contribution < -0.4 is 0 Å². The Morgan fingerprint density at radius 3 is 1.58 bits per heavy atom. The van der Waals surface area contributed by atoms with Gasteiger partial charge in [-0.25, -0.2) is 4.79 Å². The second-order valence-electron chi connectivity index (χ2n) is 5.45. The van der Waals surface area contributed by atoms with Crippen molar-refractivity contribution in [3.05, 3.63) is 0 Å². The number of carbonyl (C=O) groups excluding carboxylic acids is 1. The van der Waals surface area contributed by atoms with Gasteiger partial charge in [0.25, 0.3) is 0 Å². The molecule has 1 saturated carbocycles. The molecule has 1 aliphatic carbocycles. The lowest BCUT2D eigenvalue weighted by molar-refractivity contribution is -0.475. The molecule has 0 aromatic rings. The molecule has 0 N–H and O–H groups in total. The van der Waals surface area contributed by atoms with Crippen LogP contribution in [0, 0.1) is 0 Å². The molecule has 0 saturated heterocycles. The molecule has 0 aliphatic heterocycles. The van der Waals surface area contributed by atoms with Gasteiger partial charge in [0.1, 0.15) is 6.10 Å². The molecule has 1 unspecified atom stereocenters. The summed E-state index contributed by atoms with van der Waals surface area (Å²) < 4.78 is 145. The smallest absolute Gasteiger partial charge is 0.458 e. The first-order valence-electron chi connectivity index (χ1n) is 6.95. The first kappa shape index (κ1) is 22.7. The summed E-state index contributed by atoms with van der Waals surface area (Å²) in [4.78, 5) is 11.3. The molecule has 1 rings (SSSR count). The number of hydrogen-bond acceptors (Lipinski definition) is 3. The summed E-state index contributed by atoms with van der Waals surface area (Å²) >= 11 is 0. The van der Waals surface area contributed by atoms with Crippen LogP contribution in [0.25, 0.3) is 0 Å². The molecule has 14 heteroatoms. The average molecular weight is 412 g/mol. The molecule has 0 radical (unpaired) electrons. The number of hydrogen-bond donors (Lipinski definition) is 0. The van der Waals surface area contributed by atoms with Crippen LogP contribution in [0.3, 0.4) is 0 Å². The van der Waals surface area contributed by atoms with Gasteiger partial charge in [-0.15, -0.1) is 0 Å². The zero-order valence-corrected chi connectivity index (χ0v) is 12.5. The molecule has 1 fully saturated rings. The second-order valence-corrected chi connectivity index (χ2v) is 5.45. The summed E-state index contributed by atoms with van der Waals surface area (Å²) in [6.07, 6.45) is -21.1. The van der Waals surface area contributed by atoms with Crippen LogP contribution in [0.1, 0.15) is 32.1 Å². The highest BCUT2D eigenvalue weighted by Crippen LogP contribution is 2.51. The van der Waals surface area contributed by atoms with Gasteiger partial charge in [0.05, 0.1) is 0 Å². The summed E-state index contributed by atoms with van der Waals surface area (Å²) in [7, 11) is 0. The normalized spacial score (nSPS) is 20.6. The lowest BCUT2D eigenvalue weighted by Gasteiger charge is -2.34. The topological polar surface area (TPSA) is 35.5 Å². The van der Waals surface area contributed by atoms with Crippen molar-refractivity contribution < 1.29 is 62.6 Å². The van der Waals surface area contributed by atoms with E-state index in [1.807, 2.05) is 0 Å². The number of rotatable bonds is 5. The predicted molar refractivity (Wildman–Crippen MR) is 59.9 cm³/mol. The zero-order valence-electron chi connectivity index (χ0n) is 12.5. The first-order chi connectivity index (χ1) is 11.5. The van der Waals surface area contributed by atoms with E-state index in [-0.39, 0.29) is 12.8 Å². The molecule has 26 heavy (non-hydrogen) atoms. The monoisotopic (exact) mass is 412 g/mol. The van der Waals surface area contributed by atoms with Crippen LogP contribution in [0.5, 0.6) is 0 Å². The van der Waals surface area contributed by atoms with Crippen molar-refractivity contribution in [3.8, 4) is 0 Å². The van der Waals surface area contributed by atoms with E-state index in [0.29, 0.717) is 19.3 Å². The lowest BCUT2D eigenvalue weighted by atomic mass is 9.98.